The van der Waals surface area contributed by atoms with Gasteiger partial charge in [0, 0.05) is 11.1 Å². The van der Waals surface area contributed by atoms with Crippen molar-refractivity contribution in [3.05, 3.63) is 59.1 Å². The van der Waals surface area contributed by atoms with Crippen LogP contribution in [-0.4, -0.2) is 16.8 Å². The van der Waals surface area contributed by atoms with E-state index in [0.29, 0.717) is 11.4 Å². The van der Waals surface area contributed by atoms with Gasteiger partial charge in [0.15, 0.2) is 0 Å². The molecular weight excluding hydrogens is 372 g/mol. The lowest BCUT2D eigenvalue weighted by Gasteiger charge is -2.18. The van der Waals surface area contributed by atoms with Crippen LogP contribution in [0.25, 0.3) is 0 Å². The van der Waals surface area contributed by atoms with Crippen LogP contribution in [-0.2, 0) is 20.0 Å². The maximum Gasteiger partial charge on any atom is 0.241 e. The Hall–Kier alpha value is -1.45. The highest BCUT2D eigenvalue weighted by atomic mass is 35.5. The van der Waals surface area contributed by atoms with E-state index < -0.39 is 26.1 Å². The Balaban J connectivity index is 2.27. The quantitative estimate of drug-likeness (QED) is 0.792. The van der Waals surface area contributed by atoms with E-state index >= 15 is 0 Å². The molecule has 0 spiro atoms. The minimum absolute atomic E-state index is 0.0395. The molecule has 2 rings (SSSR count). The number of sulfonamides is 2. The van der Waals surface area contributed by atoms with Crippen molar-refractivity contribution in [2.45, 2.75) is 29.2 Å². The smallest absolute Gasteiger partial charge is 0.225 e. The standard InChI is InChI=1S/C15H17ClN2O4S2/c1-2-15(11-3-5-12(16)6-4-11)18-24(21,22)14-9-7-13(8-10-14)23(17,19)20/h3-10,15,18H,2H2,1H3,(H2,17,19,20). The van der Waals surface area contributed by atoms with Gasteiger partial charge in [-0.3, -0.25) is 0 Å². The van der Waals surface area contributed by atoms with Crippen molar-refractivity contribution >= 4 is 31.6 Å². The van der Waals surface area contributed by atoms with E-state index in [0.717, 1.165) is 17.7 Å². The first-order valence-electron chi connectivity index (χ1n) is 7.04. The molecule has 0 aliphatic heterocycles. The van der Waals surface area contributed by atoms with E-state index in [4.69, 9.17) is 16.7 Å². The van der Waals surface area contributed by atoms with Crippen LogP contribution < -0.4 is 9.86 Å². The van der Waals surface area contributed by atoms with E-state index in [2.05, 4.69) is 4.72 Å². The number of halogens is 1. The molecule has 0 radical (unpaired) electrons. The van der Waals surface area contributed by atoms with Crippen LogP contribution in [0.5, 0.6) is 0 Å². The van der Waals surface area contributed by atoms with Crippen molar-refractivity contribution in [1.82, 2.24) is 4.72 Å². The summed E-state index contributed by atoms with van der Waals surface area (Å²) in [6.07, 6.45) is 0.538. The molecule has 0 amide bonds. The maximum atomic E-state index is 12.5. The van der Waals surface area contributed by atoms with E-state index in [1.165, 1.54) is 12.1 Å². The lowest BCUT2D eigenvalue weighted by atomic mass is 10.1. The fourth-order valence-electron chi connectivity index (χ4n) is 2.15. The van der Waals surface area contributed by atoms with Crippen LogP contribution in [0.4, 0.5) is 0 Å². The Bertz CT molecular complexity index is 909. The molecule has 3 N–H and O–H groups in total. The third-order valence-electron chi connectivity index (χ3n) is 3.44. The molecule has 2 aromatic carbocycles. The molecule has 6 nitrogen and oxygen atoms in total. The molecule has 0 aliphatic carbocycles. The van der Waals surface area contributed by atoms with E-state index in [9.17, 15) is 16.8 Å². The zero-order valence-corrected chi connectivity index (χ0v) is 15.2. The van der Waals surface area contributed by atoms with Crippen molar-refractivity contribution < 1.29 is 16.8 Å². The average molecular weight is 389 g/mol. The Morgan fingerprint density at radius 3 is 1.92 bits per heavy atom. The molecule has 1 unspecified atom stereocenters. The summed E-state index contributed by atoms with van der Waals surface area (Å²) in [5.74, 6) is 0. The zero-order valence-electron chi connectivity index (χ0n) is 12.8. The van der Waals surface area contributed by atoms with Gasteiger partial charge < -0.3 is 0 Å². The SMILES string of the molecule is CCC(NS(=O)(=O)c1ccc(S(N)(=O)=O)cc1)c1ccc(Cl)cc1. The molecule has 0 aromatic heterocycles. The Labute approximate surface area is 146 Å². The topological polar surface area (TPSA) is 106 Å². The van der Waals surface area contributed by atoms with Gasteiger partial charge in [-0.25, -0.2) is 26.7 Å². The van der Waals surface area contributed by atoms with E-state index in [1.54, 1.807) is 24.3 Å². The molecule has 0 saturated heterocycles. The third kappa shape index (κ3) is 4.55. The molecular formula is C15H17ClN2O4S2. The summed E-state index contributed by atoms with van der Waals surface area (Å²) in [6.45, 7) is 1.85. The van der Waals surface area contributed by atoms with E-state index in [1.807, 2.05) is 6.92 Å². The second kappa shape index (κ2) is 7.20. The fourth-order valence-corrected chi connectivity index (χ4v) is 4.10. The first kappa shape index (κ1) is 18.9. The lowest BCUT2D eigenvalue weighted by Crippen LogP contribution is -2.28. The van der Waals surface area contributed by atoms with Crippen LogP contribution in [0.2, 0.25) is 5.02 Å². The number of hydrogen-bond acceptors (Lipinski definition) is 4. The second-order valence-electron chi connectivity index (χ2n) is 5.15. The van der Waals surface area contributed by atoms with E-state index in [-0.39, 0.29) is 9.79 Å². The number of rotatable bonds is 6. The number of benzene rings is 2. The van der Waals surface area contributed by atoms with Crippen LogP contribution >= 0.6 is 11.6 Å². The minimum atomic E-state index is -3.87. The fraction of sp³-hybridized carbons (Fsp3) is 0.200. The Kier molecular flexibility index (Phi) is 5.67. The first-order valence-corrected chi connectivity index (χ1v) is 10.4. The van der Waals surface area contributed by atoms with Crippen molar-refractivity contribution in [2.75, 3.05) is 0 Å². The third-order valence-corrected chi connectivity index (χ3v) is 6.11. The highest BCUT2D eigenvalue weighted by Gasteiger charge is 2.21. The average Bonchev–Trinajstić information content (AvgIpc) is 2.53. The highest BCUT2D eigenvalue weighted by Crippen LogP contribution is 2.22. The molecule has 24 heavy (non-hydrogen) atoms. The summed E-state index contributed by atoms with van der Waals surface area (Å²) < 4.78 is 50.0. The van der Waals surface area contributed by atoms with Gasteiger partial charge in [0.05, 0.1) is 9.79 Å². The van der Waals surface area contributed by atoms with Crippen LogP contribution in [0, 0.1) is 0 Å². The molecule has 9 heteroatoms. The zero-order chi connectivity index (χ0) is 18.0. The summed E-state index contributed by atoms with van der Waals surface area (Å²) in [6, 6.07) is 11.2. The van der Waals surface area contributed by atoms with Gasteiger partial charge in [-0.2, -0.15) is 0 Å². The molecule has 1 atom stereocenters. The minimum Gasteiger partial charge on any atom is -0.225 e. The maximum absolute atomic E-state index is 12.5. The van der Waals surface area contributed by atoms with Gasteiger partial charge >= 0.3 is 0 Å². The van der Waals surface area contributed by atoms with Gasteiger partial charge in [0.2, 0.25) is 20.0 Å². The summed E-state index contributed by atoms with van der Waals surface area (Å²) in [5.41, 5.74) is 0.784. The molecule has 0 fully saturated rings. The van der Waals surface area contributed by atoms with Crippen LogP contribution in [0.3, 0.4) is 0 Å². The van der Waals surface area contributed by atoms with Crippen molar-refractivity contribution in [3.8, 4) is 0 Å². The predicted molar refractivity (Wildman–Crippen MR) is 92.6 cm³/mol. The molecule has 130 valence electrons. The van der Waals surface area contributed by atoms with Crippen LogP contribution in [0.1, 0.15) is 24.9 Å². The van der Waals surface area contributed by atoms with Crippen molar-refractivity contribution in [2.24, 2.45) is 5.14 Å². The number of nitrogens with two attached hydrogens (primary N) is 1. The highest BCUT2D eigenvalue weighted by molar-refractivity contribution is 7.89. The van der Waals surface area contributed by atoms with Crippen molar-refractivity contribution in [3.63, 3.8) is 0 Å². The monoisotopic (exact) mass is 388 g/mol. The number of nitrogens with one attached hydrogen (secondary N) is 1. The summed E-state index contributed by atoms with van der Waals surface area (Å²) >= 11 is 5.84. The second-order valence-corrected chi connectivity index (χ2v) is 8.86. The Morgan fingerprint density at radius 1 is 0.958 bits per heavy atom. The Morgan fingerprint density at radius 2 is 1.46 bits per heavy atom. The molecule has 0 bridgehead atoms. The number of hydrogen-bond donors (Lipinski definition) is 2. The van der Waals surface area contributed by atoms with Gasteiger partial charge in [-0.15, -0.1) is 0 Å². The molecule has 2 aromatic rings. The van der Waals surface area contributed by atoms with Crippen molar-refractivity contribution in [1.29, 1.82) is 0 Å². The summed E-state index contributed by atoms with van der Waals surface area (Å²) in [7, 11) is -7.68. The van der Waals surface area contributed by atoms with Gasteiger partial charge in [0.1, 0.15) is 0 Å². The van der Waals surface area contributed by atoms with Gasteiger partial charge in [0.25, 0.3) is 0 Å². The van der Waals surface area contributed by atoms with Gasteiger partial charge in [-0.1, -0.05) is 30.7 Å². The summed E-state index contributed by atoms with van der Waals surface area (Å²) in [4.78, 5) is -0.187. The predicted octanol–water partition coefficient (Wildman–Crippen LogP) is 2.42. The van der Waals surface area contributed by atoms with Crippen LogP contribution in [0.15, 0.2) is 58.3 Å². The number of primary sulfonamides is 1. The summed E-state index contributed by atoms with van der Waals surface area (Å²) in [5, 5.41) is 5.57. The normalized spacial score (nSPS) is 13.6. The largest absolute Gasteiger partial charge is 0.241 e. The molecule has 0 aliphatic rings. The molecule has 0 saturated carbocycles. The van der Waals surface area contributed by atoms with Gasteiger partial charge in [-0.05, 0) is 48.4 Å². The molecule has 0 heterocycles. The first-order chi connectivity index (χ1) is 11.1. The lowest BCUT2D eigenvalue weighted by molar-refractivity contribution is 0.550.